The van der Waals surface area contributed by atoms with Gasteiger partial charge in [0.05, 0.1) is 18.3 Å². The molecule has 4 rings (SSSR count). The zero-order valence-corrected chi connectivity index (χ0v) is 14.9. The van der Waals surface area contributed by atoms with Gasteiger partial charge in [-0.15, -0.1) is 5.10 Å². The summed E-state index contributed by atoms with van der Waals surface area (Å²) in [6.45, 7) is 1.12. The van der Waals surface area contributed by atoms with E-state index in [0.717, 1.165) is 0 Å². The molecule has 0 radical (unpaired) electrons. The quantitative estimate of drug-likeness (QED) is 0.806. The smallest absolute Gasteiger partial charge is 0.266 e. The number of benzene rings is 1. The fraction of sp³-hybridized carbons (Fsp3) is 0.500. The van der Waals surface area contributed by atoms with Gasteiger partial charge in [-0.25, -0.2) is 9.07 Å². The summed E-state index contributed by atoms with van der Waals surface area (Å²) >= 11 is 0. The van der Waals surface area contributed by atoms with Crippen molar-refractivity contribution in [1.29, 1.82) is 0 Å². The van der Waals surface area contributed by atoms with E-state index in [9.17, 15) is 9.18 Å². The van der Waals surface area contributed by atoms with Gasteiger partial charge >= 0.3 is 0 Å². The molecule has 7 nitrogen and oxygen atoms in total. The van der Waals surface area contributed by atoms with E-state index in [-0.39, 0.29) is 23.7 Å². The van der Waals surface area contributed by atoms with Gasteiger partial charge in [-0.2, -0.15) is 0 Å². The first-order valence-electron chi connectivity index (χ1n) is 8.75. The molecule has 2 fully saturated rings. The van der Waals surface area contributed by atoms with Crippen molar-refractivity contribution < 1.29 is 13.9 Å². The van der Waals surface area contributed by atoms with Crippen molar-refractivity contribution in [2.24, 2.45) is 0 Å². The highest BCUT2D eigenvalue weighted by molar-refractivity contribution is 5.89. The van der Waals surface area contributed by atoms with Crippen molar-refractivity contribution in [2.45, 2.75) is 30.5 Å². The van der Waals surface area contributed by atoms with Gasteiger partial charge in [0.15, 0.2) is 17.2 Å². The van der Waals surface area contributed by atoms with Crippen LogP contribution in [0.25, 0.3) is 0 Å². The van der Waals surface area contributed by atoms with Gasteiger partial charge < -0.3 is 14.5 Å². The van der Waals surface area contributed by atoms with Crippen LogP contribution >= 0.6 is 0 Å². The lowest BCUT2D eigenvalue weighted by molar-refractivity contribution is -0.140. The van der Waals surface area contributed by atoms with Gasteiger partial charge in [0, 0.05) is 32.1 Å². The van der Waals surface area contributed by atoms with Gasteiger partial charge in [-0.05, 0) is 26.2 Å². The third kappa shape index (κ3) is 2.94. The fourth-order valence-electron chi connectivity index (χ4n) is 3.60. The Morgan fingerprint density at radius 1 is 1.31 bits per heavy atom. The average Bonchev–Trinajstić information content (AvgIpc) is 3.04. The van der Waals surface area contributed by atoms with Crippen LogP contribution in [0.3, 0.4) is 0 Å². The molecule has 0 unspecified atom stereocenters. The van der Waals surface area contributed by atoms with Crippen LogP contribution in [-0.2, 0) is 4.79 Å². The van der Waals surface area contributed by atoms with E-state index in [0.29, 0.717) is 25.9 Å². The molecule has 1 saturated carbocycles. The molecule has 0 spiro atoms. The van der Waals surface area contributed by atoms with E-state index in [4.69, 9.17) is 4.74 Å². The minimum absolute atomic E-state index is 0.0284. The molecule has 2 aromatic rings. The number of hydrogen-bond acceptors (Lipinski definition) is 5. The number of para-hydroxylation sites is 1. The molecule has 26 heavy (non-hydrogen) atoms. The molecule has 1 aliphatic carbocycles. The average molecular weight is 359 g/mol. The van der Waals surface area contributed by atoms with Crippen LogP contribution in [0.2, 0.25) is 0 Å². The SMILES string of the molecule is CN(C)[C@@H]1CN(C(=O)C2(Oc3ccccc3F)CC2)C[C@@H]1n1ccnn1. The predicted molar refractivity (Wildman–Crippen MR) is 92.1 cm³/mol. The summed E-state index contributed by atoms with van der Waals surface area (Å²) in [5.74, 6) is -0.385. The Labute approximate surface area is 151 Å². The highest BCUT2D eigenvalue weighted by atomic mass is 19.1. The summed E-state index contributed by atoms with van der Waals surface area (Å²) in [5.41, 5.74) is -0.934. The van der Waals surface area contributed by atoms with Gasteiger partial charge in [0.2, 0.25) is 0 Å². The van der Waals surface area contributed by atoms with Crippen molar-refractivity contribution >= 4 is 5.91 Å². The number of nitrogens with zero attached hydrogens (tertiary/aromatic N) is 5. The van der Waals surface area contributed by atoms with Gasteiger partial charge in [-0.1, -0.05) is 17.3 Å². The summed E-state index contributed by atoms with van der Waals surface area (Å²) in [4.78, 5) is 17.0. The first-order valence-corrected chi connectivity index (χ1v) is 8.75. The van der Waals surface area contributed by atoms with Crippen LogP contribution in [0.15, 0.2) is 36.7 Å². The maximum absolute atomic E-state index is 13.9. The van der Waals surface area contributed by atoms with Crippen molar-refractivity contribution in [3.05, 3.63) is 42.5 Å². The molecule has 0 bridgehead atoms. The van der Waals surface area contributed by atoms with Crippen LogP contribution in [0.5, 0.6) is 5.75 Å². The molecule has 1 aromatic heterocycles. The summed E-state index contributed by atoms with van der Waals surface area (Å²) in [6.07, 6.45) is 4.67. The van der Waals surface area contributed by atoms with Gasteiger partial charge in [-0.3, -0.25) is 4.79 Å². The molecule has 8 heteroatoms. The number of ether oxygens (including phenoxy) is 1. The van der Waals surface area contributed by atoms with Crippen LogP contribution < -0.4 is 4.74 Å². The summed E-state index contributed by atoms with van der Waals surface area (Å²) in [7, 11) is 3.98. The Kier molecular flexibility index (Phi) is 4.14. The topological polar surface area (TPSA) is 63.5 Å². The summed E-state index contributed by atoms with van der Waals surface area (Å²) < 4.78 is 21.6. The number of rotatable bonds is 5. The van der Waals surface area contributed by atoms with Crippen LogP contribution in [0, 0.1) is 5.82 Å². The highest BCUT2D eigenvalue weighted by Gasteiger charge is 2.57. The van der Waals surface area contributed by atoms with Gasteiger partial charge in [0.1, 0.15) is 0 Å². The van der Waals surface area contributed by atoms with E-state index in [1.165, 1.54) is 6.07 Å². The molecule has 0 N–H and O–H groups in total. The highest BCUT2D eigenvalue weighted by Crippen LogP contribution is 2.43. The number of halogens is 1. The molecule has 2 atom stereocenters. The standard InChI is InChI=1S/C18H22FN5O2/c1-22(2)14-11-23(12-15(14)24-10-9-20-21-24)17(25)18(7-8-18)26-16-6-4-3-5-13(16)19/h3-6,9-10,14-15H,7-8,11-12H2,1-2H3/t14-,15+/m1/s1. The second kappa shape index (κ2) is 6.35. The Hall–Kier alpha value is -2.48. The minimum Gasteiger partial charge on any atom is -0.474 e. The predicted octanol–water partition coefficient (Wildman–Crippen LogP) is 1.34. The maximum Gasteiger partial charge on any atom is 0.266 e. The Morgan fingerprint density at radius 2 is 2.08 bits per heavy atom. The van der Waals surface area contributed by atoms with Crippen molar-refractivity contribution in [2.75, 3.05) is 27.2 Å². The molecule has 2 aliphatic rings. The molecule has 1 aromatic carbocycles. The second-order valence-electron chi connectivity index (χ2n) is 7.22. The van der Waals surface area contributed by atoms with Crippen molar-refractivity contribution in [3.63, 3.8) is 0 Å². The number of aromatic nitrogens is 3. The molecule has 2 heterocycles. The second-order valence-corrected chi connectivity index (χ2v) is 7.22. The number of amides is 1. The lowest BCUT2D eigenvalue weighted by atomic mass is 10.1. The van der Waals surface area contributed by atoms with Crippen LogP contribution in [0.1, 0.15) is 18.9 Å². The fourth-order valence-corrected chi connectivity index (χ4v) is 3.60. The van der Waals surface area contributed by atoms with Gasteiger partial charge in [0.25, 0.3) is 5.91 Å². The van der Waals surface area contributed by atoms with Crippen molar-refractivity contribution in [1.82, 2.24) is 24.8 Å². The zero-order valence-electron chi connectivity index (χ0n) is 14.9. The first kappa shape index (κ1) is 17.0. The number of carbonyl (C=O) groups excluding carboxylic acids is 1. The molecular formula is C18H22FN5O2. The Balaban J connectivity index is 1.52. The first-order chi connectivity index (χ1) is 12.5. The molecule has 1 aliphatic heterocycles. The zero-order chi connectivity index (χ0) is 18.3. The van der Waals surface area contributed by atoms with Crippen LogP contribution in [0.4, 0.5) is 4.39 Å². The Morgan fingerprint density at radius 3 is 2.69 bits per heavy atom. The number of likely N-dealkylation sites (N-methyl/N-ethyl adjacent to an activating group) is 1. The molecule has 1 amide bonds. The Bertz CT molecular complexity index is 791. The minimum atomic E-state index is -0.934. The maximum atomic E-state index is 13.9. The van der Waals surface area contributed by atoms with E-state index in [1.807, 2.05) is 25.2 Å². The van der Waals surface area contributed by atoms with E-state index < -0.39 is 11.4 Å². The molecular weight excluding hydrogens is 337 g/mol. The lowest BCUT2D eigenvalue weighted by Gasteiger charge is -2.25. The van der Waals surface area contributed by atoms with E-state index >= 15 is 0 Å². The van der Waals surface area contributed by atoms with E-state index in [1.54, 1.807) is 29.1 Å². The largest absolute Gasteiger partial charge is 0.474 e. The third-order valence-corrected chi connectivity index (χ3v) is 5.23. The van der Waals surface area contributed by atoms with Crippen LogP contribution in [-0.4, -0.2) is 69.5 Å². The normalized spacial score (nSPS) is 24.1. The van der Waals surface area contributed by atoms with Crippen molar-refractivity contribution in [3.8, 4) is 5.75 Å². The summed E-state index contributed by atoms with van der Waals surface area (Å²) in [5, 5.41) is 7.98. The summed E-state index contributed by atoms with van der Waals surface area (Å²) in [6, 6.07) is 6.37. The molecule has 1 saturated heterocycles. The molecule has 138 valence electrons. The number of carbonyl (C=O) groups is 1. The monoisotopic (exact) mass is 359 g/mol. The third-order valence-electron chi connectivity index (χ3n) is 5.23. The lowest BCUT2D eigenvalue weighted by Crippen LogP contribution is -2.44. The number of hydrogen-bond donors (Lipinski definition) is 0. The number of likely N-dealkylation sites (tertiary alicyclic amines) is 1. The van der Waals surface area contributed by atoms with E-state index in [2.05, 4.69) is 15.2 Å².